The van der Waals surface area contributed by atoms with E-state index in [1.165, 1.54) is 31.6 Å². The van der Waals surface area contributed by atoms with Crippen molar-refractivity contribution < 1.29 is 0 Å². The number of piperidine rings is 1. The number of hydrogen-bond acceptors (Lipinski definition) is 2. The molecule has 0 bridgehead atoms. The van der Waals surface area contributed by atoms with Crippen LogP contribution in [0.15, 0.2) is 18.2 Å². The summed E-state index contributed by atoms with van der Waals surface area (Å²) in [6.45, 7) is 3.49. The highest BCUT2D eigenvalue weighted by Gasteiger charge is 2.19. The molecule has 0 atom stereocenters. The van der Waals surface area contributed by atoms with Crippen LogP contribution in [0.5, 0.6) is 0 Å². The Morgan fingerprint density at radius 3 is 2.63 bits per heavy atom. The molecule has 1 aliphatic heterocycles. The van der Waals surface area contributed by atoms with Gasteiger partial charge in [0.05, 0.1) is 5.88 Å². The Labute approximate surface area is 126 Å². The van der Waals surface area contributed by atoms with E-state index in [-0.39, 0.29) is 0 Å². The first-order valence-corrected chi connectivity index (χ1v) is 7.76. The van der Waals surface area contributed by atoms with Gasteiger partial charge in [-0.1, -0.05) is 17.7 Å². The summed E-state index contributed by atoms with van der Waals surface area (Å²) < 4.78 is 0. The maximum atomic E-state index is 6.22. The predicted molar refractivity (Wildman–Crippen MR) is 84.5 cm³/mol. The minimum atomic E-state index is 0.465. The second-order valence-electron chi connectivity index (χ2n) is 5.50. The summed E-state index contributed by atoms with van der Waals surface area (Å²) in [5.74, 6) is 1.23. The number of halogens is 2. The quantitative estimate of drug-likeness (QED) is 0.779. The van der Waals surface area contributed by atoms with Crippen LogP contribution in [0.3, 0.4) is 0 Å². The fraction of sp³-hybridized carbons (Fsp3) is 0.600. The molecule has 0 N–H and O–H groups in total. The van der Waals surface area contributed by atoms with Gasteiger partial charge in [0.15, 0.2) is 0 Å². The molecule has 4 heteroatoms. The third kappa shape index (κ3) is 3.77. The van der Waals surface area contributed by atoms with Crippen LogP contribution in [0.2, 0.25) is 5.02 Å². The minimum absolute atomic E-state index is 0.465. The standard InChI is InChI=1S/C15H22Cl2N2/c1-18-8-6-12(7-9-18)11-19(2)15-5-3-4-14(17)13(15)10-16/h3-5,12H,6-11H2,1-2H3. The van der Waals surface area contributed by atoms with Crippen molar-refractivity contribution in [1.82, 2.24) is 4.90 Å². The van der Waals surface area contributed by atoms with Crippen LogP contribution in [0.1, 0.15) is 18.4 Å². The largest absolute Gasteiger partial charge is 0.374 e. The Hall–Kier alpha value is -0.440. The van der Waals surface area contributed by atoms with Crippen molar-refractivity contribution in [1.29, 1.82) is 0 Å². The molecule has 0 aliphatic carbocycles. The average molecular weight is 301 g/mol. The number of rotatable bonds is 4. The molecule has 2 nitrogen and oxygen atoms in total. The summed E-state index contributed by atoms with van der Waals surface area (Å²) in [6, 6.07) is 6.02. The average Bonchev–Trinajstić information content (AvgIpc) is 2.41. The van der Waals surface area contributed by atoms with E-state index in [0.717, 1.165) is 23.0 Å². The molecule has 1 aromatic carbocycles. The normalized spacial score (nSPS) is 17.7. The van der Waals surface area contributed by atoms with Crippen molar-refractivity contribution in [3.63, 3.8) is 0 Å². The van der Waals surface area contributed by atoms with Crippen molar-refractivity contribution in [2.45, 2.75) is 18.7 Å². The Bertz CT molecular complexity index is 415. The second kappa shape index (κ2) is 6.83. The van der Waals surface area contributed by atoms with Gasteiger partial charge in [-0.05, 0) is 51.0 Å². The molecule has 0 saturated carbocycles. The summed E-state index contributed by atoms with van der Waals surface area (Å²) in [5, 5.41) is 0.766. The summed E-state index contributed by atoms with van der Waals surface area (Å²) >= 11 is 12.2. The Morgan fingerprint density at radius 2 is 2.00 bits per heavy atom. The molecule has 0 aromatic heterocycles. The van der Waals surface area contributed by atoms with Crippen LogP contribution in [-0.2, 0) is 5.88 Å². The highest BCUT2D eigenvalue weighted by atomic mass is 35.5. The molecule has 1 aromatic rings. The van der Waals surface area contributed by atoms with Crippen LogP contribution in [0.4, 0.5) is 5.69 Å². The van der Waals surface area contributed by atoms with Crippen LogP contribution in [-0.4, -0.2) is 38.6 Å². The van der Waals surface area contributed by atoms with Crippen LogP contribution >= 0.6 is 23.2 Å². The van der Waals surface area contributed by atoms with Crippen molar-refractivity contribution in [2.24, 2.45) is 5.92 Å². The molecule has 0 unspecified atom stereocenters. The fourth-order valence-corrected chi connectivity index (χ4v) is 3.35. The summed E-state index contributed by atoms with van der Waals surface area (Å²) in [5.41, 5.74) is 2.21. The minimum Gasteiger partial charge on any atom is -0.374 e. The predicted octanol–water partition coefficient (Wildman–Crippen LogP) is 3.86. The fourth-order valence-electron chi connectivity index (χ4n) is 2.77. The number of benzene rings is 1. The molecular formula is C15H22Cl2N2. The topological polar surface area (TPSA) is 6.48 Å². The maximum Gasteiger partial charge on any atom is 0.0509 e. The van der Waals surface area contributed by atoms with Gasteiger partial charge in [-0.2, -0.15) is 0 Å². The number of nitrogens with zero attached hydrogens (tertiary/aromatic N) is 2. The van der Waals surface area contributed by atoms with E-state index in [9.17, 15) is 0 Å². The van der Waals surface area contributed by atoms with Crippen molar-refractivity contribution in [3.8, 4) is 0 Å². The second-order valence-corrected chi connectivity index (χ2v) is 6.17. The number of hydrogen-bond donors (Lipinski definition) is 0. The Kier molecular flexibility index (Phi) is 5.37. The first-order chi connectivity index (χ1) is 9.11. The highest BCUT2D eigenvalue weighted by Crippen LogP contribution is 2.29. The third-order valence-corrected chi connectivity index (χ3v) is 4.63. The number of alkyl halides is 1. The lowest BCUT2D eigenvalue weighted by Gasteiger charge is -2.33. The van der Waals surface area contributed by atoms with Gasteiger partial charge >= 0.3 is 0 Å². The number of anilines is 1. The lowest BCUT2D eigenvalue weighted by Crippen LogP contribution is -2.36. The zero-order valence-electron chi connectivity index (χ0n) is 11.7. The summed E-state index contributed by atoms with van der Waals surface area (Å²) in [6.07, 6.45) is 2.55. The van der Waals surface area contributed by atoms with Crippen molar-refractivity contribution >= 4 is 28.9 Å². The molecule has 1 aliphatic rings. The molecule has 0 amide bonds. The molecule has 1 heterocycles. The van der Waals surface area contributed by atoms with E-state index >= 15 is 0 Å². The summed E-state index contributed by atoms with van der Waals surface area (Å²) in [4.78, 5) is 4.71. The van der Waals surface area contributed by atoms with Crippen LogP contribution < -0.4 is 4.90 Å². The lowest BCUT2D eigenvalue weighted by molar-refractivity contribution is 0.222. The molecule has 1 saturated heterocycles. The summed E-state index contributed by atoms with van der Waals surface area (Å²) in [7, 11) is 4.34. The highest BCUT2D eigenvalue weighted by molar-refractivity contribution is 6.32. The van der Waals surface area contributed by atoms with Gasteiger partial charge in [0.1, 0.15) is 0 Å². The maximum absolute atomic E-state index is 6.22. The molecule has 19 heavy (non-hydrogen) atoms. The van der Waals surface area contributed by atoms with E-state index < -0.39 is 0 Å². The monoisotopic (exact) mass is 300 g/mol. The van der Waals surface area contributed by atoms with E-state index in [0.29, 0.717) is 5.88 Å². The zero-order chi connectivity index (χ0) is 13.8. The van der Waals surface area contributed by atoms with E-state index in [2.05, 4.69) is 30.0 Å². The van der Waals surface area contributed by atoms with E-state index in [1.54, 1.807) is 0 Å². The SMILES string of the molecule is CN1CCC(CN(C)c2cccc(Cl)c2CCl)CC1. The van der Waals surface area contributed by atoms with Gasteiger partial charge in [-0.3, -0.25) is 0 Å². The van der Waals surface area contributed by atoms with E-state index in [4.69, 9.17) is 23.2 Å². The van der Waals surface area contributed by atoms with Crippen molar-refractivity contribution in [2.75, 3.05) is 38.6 Å². The Morgan fingerprint density at radius 1 is 1.32 bits per heavy atom. The van der Waals surface area contributed by atoms with Gasteiger partial charge < -0.3 is 9.80 Å². The van der Waals surface area contributed by atoms with Gasteiger partial charge in [0.25, 0.3) is 0 Å². The van der Waals surface area contributed by atoms with Crippen LogP contribution in [0.25, 0.3) is 0 Å². The lowest BCUT2D eigenvalue weighted by atomic mass is 9.96. The molecule has 0 radical (unpaired) electrons. The molecular weight excluding hydrogens is 279 g/mol. The Balaban J connectivity index is 2.03. The zero-order valence-corrected chi connectivity index (χ0v) is 13.2. The van der Waals surface area contributed by atoms with Gasteiger partial charge in [-0.15, -0.1) is 11.6 Å². The molecule has 0 spiro atoms. The smallest absolute Gasteiger partial charge is 0.0509 e. The van der Waals surface area contributed by atoms with E-state index in [1.807, 2.05) is 12.1 Å². The van der Waals surface area contributed by atoms with Crippen LogP contribution in [0, 0.1) is 5.92 Å². The first-order valence-electron chi connectivity index (χ1n) is 6.85. The first kappa shape index (κ1) is 15.0. The van der Waals surface area contributed by atoms with Gasteiger partial charge in [0.2, 0.25) is 0 Å². The third-order valence-electron chi connectivity index (χ3n) is 4.01. The van der Waals surface area contributed by atoms with Gasteiger partial charge in [-0.25, -0.2) is 0 Å². The van der Waals surface area contributed by atoms with Crippen molar-refractivity contribution in [3.05, 3.63) is 28.8 Å². The molecule has 106 valence electrons. The molecule has 1 fully saturated rings. The molecule has 2 rings (SSSR count). The number of likely N-dealkylation sites (tertiary alicyclic amines) is 1. The van der Waals surface area contributed by atoms with Gasteiger partial charge in [0, 0.05) is 29.9 Å².